The summed E-state index contributed by atoms with van der Waals surface area (Å²) in [5.74, 6) is -0.335. The molecule has 1 aromatic rings. The van der Waals surface area contributed by atoms with Gasteiger partial charge in [-0.05, 0) is 58.6 Å². The Morgan fingerprint density at radius 1 is 1.33 bits per heavy atom. The molecule has 136 valence electrons. The minimum Gasteiger partial charge on any atom is -0.354 e. The number of carbonyl (C=O) groups excluding carboxylic acids is 1. The molecule has 1 amide bonds. The summed E-state index contributed by atoms with van der Waals surface area (Å²) in [4.78, 5) is 14.4. The van der Waals surface area contributed by atoms with E-state index in [1.54, 1.807) is 32.0 Å². The number of hydrogen-bond acceptors (Lipinski definition) is 4. The van der Waals surface area contributed by atoms with Gasteiger partial charge in [0, 0.05) is 11.6 Å². The Morgan fingerprint density at radius 3 is 2.50 bits per heavy atom. The number of amides is 1. The van der Waals surface area contributed by atoms with Crippen molar-refractivity contribution in [3.8, 4) is 0 Å². The van der Waals surface area contributed by atoms with Crippen LogP contribution in [0.1, 0.15) is 18.9 Å². The molecule has 0 saturated heterocycles. The second-order valence-corrected chi connectivity index (χ2v) is 8.41. The van der Waals surface area contributed by atoms with Crippen molar-refractivity contribution in [2.75, 3.05) is 37.7 Å². The summed E-state index contributed by atoms with van der Waals surface area (Å²) < 4.78 is 25.6. The van der Waals surface area contributed by atoms with Gasteiger partial charge in [-0.3, -0.25) is 9.10 Å². The fourth-order valence-electron chi connectivity index (χ4n) is 2.36. The van der Waals surface area contributed by atoms with Gasteiger partial charge in [-0.15, -0.1) is 0 Å². The lowest BCUT2D eigenvalue weighted by atomic mass is 10.2. The van der Waals surface area contributed by atoms with Crippen LogP contribution in [-0.4, -0.2) is 58.7 Å². The van der Waals surface area contributed by atoms with Crippen LogP contribution in [0.4, 0.5) is 5.69 Å². The Balaban J connectivity index is 2.97. The standard InChI is InChI=1S/C16H26ClN3O3S/c1-12-7-8-14(17)11-15(12)20(24(5,22)23)13(2)16(21)18-9-6-10-19(3)4/h7-8,11,13H,6,9-10H2,1-5H3,(H,18,21)/t13-/m1/s1. The van der Waals surface area contributed by atoms with E-state index in [1.807, 2.05) is 19.0 Å². The lowest BCUT2D eigenvalue weighted by Gasteiger charge is -2.29. The summed E-state index contributed by atoms with van der Waals surface area (Å²) in [5.41, 5.74) is 1.15. The van der Waals surface area contributed by atoms with Gasteiger partial charge in [0.2, 0.25) is 15.9 Å². The van der Waals surface area contributed by atoms with E-state index >= 15 is 0 Å². The first-order valence-electron chi connectivity index (χ1n) is 7.72. The van der Waals surface area contributed by atoms with Gasteiger partial charge in [0.1, 0.15) is 6.04 Å². The Kier molecular flexibility index (Phi) is 7.51. The smallest absolute Gasteiger partial charge is 0.243 e. The number of anilines is 1. The fraction of sp³-hybridized carbons (Fsp3) is 0.562. The molecule has 24 heavy (non-hydrogen) atoms. The zero-order valence-electron chi connectivity index (χ0n) is 14.8. The highest BCUT2D eigenvalue weighted by molar-refractivity contribution is 7.92. The van der Waals surface area contributed by atoms with Crippen LogP contribution in [-0.2, 0) is 14.8 Å². The molecule has 0 unspecified atom stereocenters. The van der Waals surface area contributed by atoms with Crippen molar-refractivity contribution in [3.63, 3.8) is 0 Å². The molecule has 6 nitrogen and oxygen atoms in total. The Hall–Kier alpha value is -1.31. The maximum absolute atomic E-state index is 12.4. The van der Waals surface area contributed by atoms with Gasteiger partial charge in [0.05, 0.1) is 11.9 Å². The van der Waals surface area contributed by atoms with Crippen molar-refractivity contribution < 1.29 is 13.2 Å². The number of aryl methyl sites for hydroxylation is 1. The molecule has 1 N–H and O–H groups in total. The number of carbonyl (C=O) groups is 1. The molecule has 0 bridgehead atoms. The van der Waals surface area contributed by atoms with Gasteiger partial charge in [-0.2, -0.15) is 0 Å². The summed E-state index contributed by atoms with van der Waals surface area (Å²) in [6.07, 6.45) is 1.88. The second kappa shape index (κ2) is 8.69. The largest absolute Gasteiger partial charge is 0.354 e. The fourth-order valence-corrected chi connectivity index (χ4v) is 3.75. The van der Waals surface area contributed by atoms with Gasteiger partial charge in [0.25, 0.3) is 0 Å². The summed E-state index contributed by atoms with van der Waals surface area (Å²) in [7, 11) is 0.272. The van der Waals surface area contributed by atoms with Crippen LogP contribution in [0.2, 0.25) is 5.02 Å². The van der Waals surface area contributed by atoms with Crippen LogP contribution >= 0.6 is 11.6 Å². The first-order chi connectivity index (χ1) is 11.0. The van der Waals surface area contributed by atoms with Crippen molar-refractivity contribution in [3.05, 3.63) is 28.8 Å². The Morgan fingerprint density at radius 2 is 1.96 bits per heavy atom. The van der Waals surface area contributed by atoms with E-state index < -0.39 is 16.1 Å². The van der Waals surface area contributed by atoms with E-state index in [0.717, 1.165) is 29.1 Å². The van der Waals surface area contributed by atoms with Gasteiger partial charge >= 0.3 is 0 Å². The first kappa shape index (κ1) is 20.7. The number of nitrogens with one attached hydrogen (secondary N) is 1. The van der Waals surface area contributed by atoms with Gasteiger partial charge in [-0.1, -0.05) is 17.7 Å². The average Bonchev–Trinajstić information content (AvgIpc) is 2.45. The molecule has 0 saturated carbocycles. The third-order valence-corrected chi connectivity index (χ3v) is 5.04. The number of halogens is 1. The van der Waals surface area contributed by atoms with E-state index in [2.05, 4.69) is 5.32 Å². The topological polar surface area (TPSA) is 69.7 Å². The third kappa shape index (κ3) is 5.96. The van der Waals surface area contributed by atoms with E-state index in [1.165, 1.54) is 0 Å². The molecule has 0 aromatic heterocycles. The van der Waals surface area contributed by atoms with E-state index in [0.29, 0.717) is 17.3 Å². The number of hydrogen-bond donors (Lipinski definition) is 1. The molecule has 0 aliphatic carbocycles. The summed E-state index contributed by atoms with van der Waals surface area (Å²) >= 11 is 6.00. The van der Waals surface area contributed by atoms with Crippen molar-refractivity contribution in [1.29, 1.82) is 0 Å². The average molecular weight is 376 g/mol. The molecule has 1 aromatic carbocycles. The monoisotopic (exact) mass is 375 g/mol. The quantitative estimate of drug-likeness (QED) is 0.704. The van der Waals surface area contributed by atoms with Crippen molar-refractivity contribution >= 4 is 33.2 Å². The number of rotatable bonds is 8. The molecule has 0 aliphatic rings. The summed E-state index contributed by atoms with van der Waals surface area (Å²) in [6.45, 7) is 4.69. The van der Waals surface area contributed by atoms with Crippen LogP contribution in [0.15, 0.2) is 18.2 Å². The highest BCUT2D eigenvalue weighted by atomic mass is 35.5. The summed E-state index contributed by atoms with van der Waals surface area (Å²) in [6, 6.07) is 4.12. The second-order valence-electron chi connectivity index (χ2n) is 6.11. The highest BCUT2D eigenvalue weighted by Crippen LogP contribution is 2.28. The lowest BCUT2D eigenvalue weighted by Crippen LogP contribution is -2.48. The minimum atomic E-state index is -3.64. The predicted octanol–water partition coefficient (Wildman–Crippen LogP) is 1.87. The van der Waals surface area contributed by atoms with Crippen LogP contribution in [0.25, 0.3) is 0 Å². The van der Waals surface area contributed by atoms with Crippen LogP contribution in [0, 0.1) is 6.92 Å². The zero-order valence-corrected chi connectivity index (χ0v) is 16.4. The van der Waals surface area contributed by atoms with E-state index in [9.17, 15) is 13.2 Å². The van der Waals surface area contributed by atoms with Gasteiger partial charge < -0.3 is 10.2 Å². The van der Waals surface area contributed by atoms with Crippen LogP contribution in [0.5, 0.6) is 0 Å². The minimum absolute atomic E-state index is 0.335. The molecule has 1 atom stereocenters. The Bertz CT molecular complexity index is 677. The zero-order chi connectivity index (χ0) is 18.5. The van der Waals surface area contributed by atoms with Gasteiger partial charge in [0.15, 0.2) is 0 Å². The molecule has 0 spiro atoms. The first-order valence-corrected chi connectivity index (χ1v) is 9.94. The summed E-state index contributed by atoms with van der Waals surface area (Å²) in [5, 5.41) is 3.21. The molecule has 0 fully saturated rings. The van der Waals surface area contributed by atoms with Crippen LogP contribution in [0.3, 0.4) is 0 Å². The van der Waals surface area contributed by atoms with E-state index in [4.69, 9.17) is 11.6 Å². The molecular weight excluding hydrogens is 350 g/mol. The third-order valence-electron chi connectivity index (χ3n) is 3.58. The molecule has 8 heteroatoms. The molecule has 0 radical (unpaired) electrons. The molecule has 0 heterocycles. The van der Waals surface area contributed by atoms with E-state index in [-0.39, 0.29) is 5.91 Å². The predicted molar refractivity (Wildman–Crippen MR) is 99.2 cm³/mol. The molecule has 1 rings (SSSR count). The SMILES string of the molecule is Cc1ccc(Cl)cc1N([C@H](C)C(=O)NCCCN(C)C)S(C)(=O)=O. The maximum atomic E-state index is 12.4. The van der Waals surface area contributed by atoms with Crippen LogP contribution < -0.4 is 9.62 Å². The lowest BCUT2D eigenvalue weighted by molar-refractivity contribution is -0.121. The number of nitrogens with zero attached hydrogens (tertiary/aromatic N) is 2. The normalized spacial score (nSPS) is 13.0. The van der Waals surface area contributed by atoms with Crippen molar-refractivity contribution in [2.45, 2.75) is 26.3 Å². The number of benzene rings is 1. The van der Waals surface area contributed by atoms with Crippen molar-refractivity contribution in [2.24, 2.45) is 0 Å². The number of sulfonamides is 1. The van der Waals surface area contributed by atoms with Crippen molar-refractivity contribution in [1.82, 2.24) is 10.2 Å². The molecule has 0 aliphatic heterocycles. The highest BCUT2D eigenvalue weighted by Gasteiger charge is 2.30. The maximum Gasteiger partial charge on any atom is 0.243 e. The van der Waals surface area contributed by atoms with Gasteiger partial charge in [-0.25, -0.2) is 8.42 Å². The molecular formula is C16H26ClN3O3S. The Labute approximate surface area is 149 Å².